The van der Waals surface area contributed by atoms with Crippen molar-refractivity contribution >= 4 is 23.4 Å². The van der Waals surface area contributed by atoms with Crippen molar-refractivity contribution in [2.24, 2.45) is 0 Å². The highest BCUT2D eigenvalue weighted by Crippen LogP contribution is 2.39. The molecule has 4 heterocycles. The number of hydrogen-bond acceptors (Lipinski definition) is 8. The molecule has 2 aliphatic heterocycles. The van der Waals surface area contributed by atoms with Crippen LogP contribution in [0.15, 0.2) is 36.7 Å². The molecule has 200 valence electrons. The number of anilines is 3. The Hall–Kier alpha value is -3.86. The molecule has 11 heteroatoms. The van der Waals surface area contributed by atoms with E-state index in [1.807, 2.05) is 24.8 Å². The van der Waals surface area contributed by atoms with E-state index in [4.69, 9.17) is 9.84 Å². The van der Waals surface area contributed by atoms with E-state index < -0.39 is 18.2 Å². The standard InChI is InChI=1S/C27H30F2N6O3/c1-16(2)35-9-10-38-26-20(28)11-19(12-22(26)35)25-21(29)14-31-27(33-25)32-23-4-3-18(13-30-23)17-5-7-34(8-6-17)24(37)15-36/h3-4,11-14,16-17,36H,5-10,15H2,1-2H3,(H,30,31,32,33). The summed E-state index contributed by atoms with van der Waals surface area (Å²) in [5, 5.41) is 12.0. The van der Waals surface area contributed by atoms with E-state index in [0.717, 1.165) is 24.6 Å². The molecule has 2 aromatic heterocycles. The third-order valence-corrected chi connectivity index (χ3v) is 7.03. The highest BCUT2D eigenvalue weighted by Gasteiger charge is 2.26. The Balaban J connectivity index is 1.33. The highest BCUT2D eigenvalue weighted by molar-refractivity contribution is 5.77. The molecule has 3 aromatic rings. The summed E-state index contributed by atoms with van der Waals surface area (Å²) in [6.07, 6.45) is 4.40. The number of ether oxygens (including phenoxy) is 1. The van der Waals surface area contributed by atoms with E-state index in [2.05, 4.69) is 20.3 Å². The van der Waals surface area contributed by atoms with Gasteiger partial charge in [-0.2, -0.15) is 0 Å². The summed E-state index contributed by atoms with van der Waals surface area (Å²) in [7, 11) is 0. The van der Waals surface area contributed by atoms with E-state index in [0.29, 0.717) is 37.7 Å². The molecule has 0 bridgehead atoms. The molecule has 0 saturated carbocycles. The largest absolute Gasteiger partial charge is 0.486 e. The van der Waals surface area contributed by atoms with Crippen molar-refractivity contribution in [3.8, 4) is 17.0 Å². The van der Waals surface area contributed by atoms with Gasteiger partial charge in [-0.1, -0.05) is 6.07 Å². The zero-order chi connectivity index (χ0) is 26.8. The van der Waals surface area contributed by atoms with Gasteiger partial charge in [0.15, 0.2) is 17.4 Å². The van der Waals surface area contributed by atoms with E-state index in [-0.39, 0.29) is 40.8 Å². The number of aromatic nitrogens is 3. The van der Waals surface area contributed by atoms with Gasteiger partial charge in [0.2, 0.25) is 11.9 Å². The Morgan fingerprint density at radius 3 is 2.61 bits per heavy atom. The van der Waals surface area contributed by atoms with Crippen molar-refractivity contribution in [1.82, 2.24) is 19.9 Å². The minimum Gasteiger partial charge on any atom is -0.486 e. The molecule has 0 radical (unpaired) electrons. The van der Waals surface area contributed by atoms with Crippen LogP contribution < -0.4 is 15.0 Å². The van der Waals surface area contributed by atoms with Crippen LogP contribution in [0.1, 0.15) is 38.2 Å². The van der Waals surface area contributed by atoms with E-state index in [1.54, 1.807) is 23.2 Å². The first-order chi connectivity index (χ1) is 18.3. The number of nitrogens with one attached hydrogen (secondary N) is 1. The van der Waals surface area contributed by atoms with Crippen LogP contribution in [0.3, 0.4) is 0 Å². The molecule has 1 saturated heterocycles. The summed E-state index contributed by atoms with van der Waals surface area (Å²) in [4.78, 5) is 28.2. The predicted molar refractivity (Wildman–Crippen MR) is 139 cm³/mol. The van der Waals surface area contributed by atoms with E-state index >= 15 is 0 Å². The zero-order valence-electron chi connectivity index (χ0n) is 21.3. The second-order valence-electron chi connectivity index (χ2n) is 9.75. The number of piperidine rings is 1. The van der Waals surface area contributed by atoms with Crippen LogP contribution >= 0.6 is 0 Å². The highest BCUT2D eigenvalue weighted by atomic mass is 19.1. The number of nitrogens with zero attached hydrogens (tertiary/aromatic N) is 5. The number of carbonyl (C=O) groups is 1. The van der Waals surface area contributed by atoms with E-state index in [9.17, 15) is 13.6 Å². The average Bonchev–Trinajstić information content (AvgIpc) is 2.93. The van der Waals surface area contributed by atoms with Crippen LogP contribution in [0.2, 0.25) is 0 Å². The third kappa shape index (κ3) is 5.24. The maximum Gasteiger partial charge on any atom is 0.248 e. The number of rotatable bonds is 6. The lowest BCUT2D eigenvalue weighted by Crippen LogP contribution is -2.39. The minimum absolute atomic E-state index is 0.0284. The van der Waals surface area contributed by atoms with Crippen molar-refractivity contribution in [3.63, 3.8) is 0 Å². The van der Waals surface area contributed by atoms with Gasteiger partial charge in [-0.25, -0.2) is 23.7 Å². The molecule has 1 aromatic carbocycles. The number of pyridine rings is 1. The second-order valence-corrected chi connectivity index (χ2v) is 9.75. The normalized spacial score (nSPS) is 15.8. The molecule has 5 rings (SSSR count). The predicted octanol–water partition coefficient (Wildman–Crippen LogP) is 3.87. The maximum atomic E-state index is 14.9. The summed E-state index contributed by atoms with van der Waals surface area (Å²) < 4.78 is 35.3. The minimum atomic E-state index is -0.669. The van der Waals surface area contributed by atoms with Gasteiger partial charge in [-0.05, 0) is 56.4 Å². The Kier molecular flexibility index (Phi) is 7.37. The molecular formula is C27H30F2N6O3. The van der Waals surface area contributed by atoms with Gasteiger partial charge in [-0.3, -0.25) is 4.79 Å². The van der Waals surface area contributed by atoms with Gasteiger partial charge < -0.3 is 25.0 Å². The topological polar surface area (TPSA) is 104 Å². The lowest BCUT2D eigenvalue weighted by atomic mass is 9.90. The van der Waals surface area contributed by atoms with Gasteiger partial charge in [0, 0.05) is 30.9 Å². The summed E-state index contributed by atoms with van der Waals surface area (Å²) in [6.45, 7) is 5.73. The number of halogens is 2. The van der Waals surface area contributed by atoms with Gasteiger partial charge in [0.05, 0.1) is 18.4 Å². The summed E-state index contributed by atoms with van der Waals surface area (Å²) in [5.41, 5.74) is 1.88. The number of hydrogen-bond donors (Lipinski definition) is 2. The van der Waals surface area contributed by atoms with Crippen LogP contribution in [0, 0.1) is 11.6 Å². The summed E-state index contributed by atoms with van der Waals surface area (Å²) >= 11 is 0. The molecule has 1 amide bonds. The number of aliphatic hydroxyl groups is 1. The molecule has 2 N–H and O–H groups in total. The van der Waals surface area contributed by atoms with Crippen molar-refractivity contribution in [2.45, 2.75) is 38.6 Å². The lowest BCUT2D eigenvalue weighted by molar-refractivity contribution is -0.135. The fraction of sp³-hybridized carbons (Fsp3) is 0.407. The fourth-order valence-electron chi connectivity index (χ4n) is 5.00. The monoisotopic (exact) mass is 524 g/mol. The first kappa shape index (κ1) is 25.8. The lowest BCUT2D eigenvalue weighted by Gasteiger charge is -2.34. The number of amides is 1. The summed E-state index contributed by atoms with van der Waals surface area (Å²) in [5.74, 6) is -0.444. The Morgan fingerprint density at radius 2 is 1.92 bits per heavy atom. The Bertz CT molecular complexity index is 1310. The van der Waals surface area contributed by atoms with Gasteiger partial charge in [0.25, 0.3) is 0 Å². The molecule has 0 spiro atoms. The second kappa shape index (κ2) is 10.9. The van der Waals surface area contributed by atoms with Gasteiger partial charge >= 0.3 is 0 Å². The smallest absolute Gasteiger partial charge is 0.248 e. The Morgan fingerprint density at radius 1 is 1.13 bits per heavy atom. The third-order valence-electron chi connectivity index (χ3n) is 7.03. The average molecular weight is 525 g/mol. The van der Waals surface area contributed by atoms with Gasteiger partial charge in [0.1, 0.15) is 24.7 Å². The Labute approximate surface area is 219 Å². The fourth-order valence-corrected chi connectivity index (χ4v) is 5.00. The van der Waals surface area contributed by atoms with Gasteiger partial charge in [-0.15, -0.1) is 0 Å². The SMILES string of the molecule is CC(C)N1CCOc2c(F)cc(-c3nc(Nc4ccc(C5CCN(C(=O)CO)CC5)cn4)ncc3F)cc21. The van der Waals surface area contributed by atoms with Crippen molar-refractivity contribution in [3.05, 3.63) is 53.9 Å². The summed E-state index contributed by atoms with van der Waals surface area (Å²) in [6, 6.07) is 6.78. The first-order valence-corrected chi connectivity index (χ1v) is 12.7. The molecule has 38 heavy (non-hydrogen) atoms. The molecule has 0 unspecified atom stereocenters. The molecule has 0 atom stereocenters. The maximum absolute atomic E-state index is 14.9. The van der Waals surface area contributed by atoms with Crippen LogP contribution in [-0.2, 0) is 4.79 Å². The van der Waals surface area contributed by atoms with Crippen molar-refractivity contribution in [2.75, 3.05) is 43.1 Å². The number of likely N-dealkylation sites (tertiary alicyclic amines) is 1. The molecule has 9 nitrogen and oxygen atoms in total. The number of carbonyl (C=O) groups excluding carboxylic acids is 1. The number of fused-ring (bicyclic) bond motifs is 1. The molecular weight excluding hydrogens is 494 g/mol. The first-order valence-electron chi connectivity index (χ1n) is 12.7. The molecule has 1 fully saturated rings. The van der Waals surface area contributed by atoms with Crippen LogP contribution in [0.5, 0.6) is 5.75 Å². The number of benzene rings is 1. The van der Waals surface area contributed by atoms with Crippen molar-refractivity contribution < 1.29 is 23.4 Å². The zero-order valence-corrected chi connectivity index (χ0v) is 21.3. The molecule has 2 aliphatic rings. The van der Waals surface area contributed by atoms with Crippen LogP contribution in [0.25, 0.3) is 11.3 Å². The molecule has 0 aliphatic carbocycles. The van der Waals surface area contributed by atoms with Crippen molar-refractivity contribution in [1.29, 1.82) is 0 Å². The number of aliphatic hydroxyl groups excluding tert-OH is 1. The van der Waals surface area contributed by atoms with E-state index in [1.165, 1.54) is 6.07 Å². The van der Waals surface area contributed by atoms with Crippen LogP contribution in [0.4, 0.5) is 26.2 Å². The van der Waals surface area contributed by atoms with Crippen LogP contribution in [-0.4, -0.2) is 69.8 Å². The quantitative estimate of drug-likeness (QED) is 0.501.